The van der Waals surface area contributed by atoms with Crippen molar-refractivity contribution in [3.8, 4) is 5.88 Å². The Morgan fingerprint density at radius 3 is 2.29 bits per heavy atom. The maximum Gasteiger partial charge on any atom is 0.217 e. The van der Waals surface area contributed by atoms with Crippen molar-refractivity contribution in [3.63, 3.8) is 0 Å². The standard InChI is InChI=1S/C29H31BrN2O2/c1-4-34-28-25(20-22-19-24(30)15-16-26(22)31-28)27(21-11-7-5-8-12-21)29(33,17-18-32(2)3)23-13-9-6-10-14-23/h5-16,19-20,27,33H,4,17-18H2,1-3H3. The van der Waals surface area contributed by atoms with E-state index in [4.69, 9.17) is 9.72 Å². The fourth-order valence-corrected chi connectivity index (χ4v) is 4.92. The molecule has 176 valence electrons. The molecule has 5 heteroatoms. The molecule has 0 saturated heterocycles. The first-order valence-electron chi connectivity index (χ1n) is 11.6. The van der Waals surface area contributed by atoms with E-state index in [0.717, 1.165) is 38.6 Å². The second kappa shape index (κ2) is 10.7. The Morgan fingerprint density at radius 2 is 1.65 bits per heavy atom. The minimum Gasteiger partial charge on any atom is -0.478 e. The van der Waals surface area contributed by atoms with Gasteiger partial charge in [-0.15, -0.1) is 0 Å². The van der Waals surface area contributed by atoms with Crippen LogP contribution in [-0.4, -0.2) is 42.2 Å². The quantitative estimate of drug-likeness (QED) is 0.279. The van der Waals surface area contributed by atoms with Crippen LogP contribution in [0.1, 0.15) is 36.0 Å². The summed E-state index contributed by atoms with van der Waals surface area (Å²) in [7, 11) is 4.06. The molecule has 2 unspecified atom stereocenters. The van der Waals surface area contributed by atoms with Crippen molar-refractivity contribution in [2.45, 2.75) is 24.9 Å². The molecule has 3 aromatic carbocycles. The van der Waals surface area contributed by atoms with Gasteiger partial charge in [-0.2, -0.15) is 0 Å². The van der Waals surface area contributed by atoms with E-state index < -0.39 is 5.60 Å². The molecule has 0 spiro atoms. The van der Waals surface area contributed by atoms with Gasteiger partial charge in [0, 0.05) is 27.9 Å². The number of fused-ring (bicyclic) bond motifs is 1. The van der Waals surface area contributed by atoms with E-state index in [1.807, 2.05) is 81.7 Å². The summed E-state index contributed by atoms with van der Waals surface area (Å²) in [5, 5.41) is 13.6. The molecule has 0 bridgehead atoms. The van der Waals surface area contributed by atoms with Gasteiger partial charge in [0.15, 0.2) is 0 Å². The zero-order chi connectivity index (χ0) is 24.1. The first kappa shape index (κ1) is 24.4. The molecule has 0 aliphatic rings. The zero-order valence-electron chi connectivity index (χ0n) is 19.9. The fourth-order valence-electron chi connectivity index (χ4n) is 4.54. The van der Waals surface area contributed by atoms with Crippen molar-refractivity contribution in [2.75, 3.05) is 27.2 Å². The average molecular weight is 519 g/mol. The number of aliphatic hydroxyl groups is 1. The second-order valence-electron chi connectivity index (χ2n) is 8.84. The molecule has 1 heterocycles. The van der Waals surface area contributed by atoms with Crippen molar-refractivity contribution in [3.05, 3.63) is 106 Å². The van der Waals surface area contributed by atoms with E-state index in [2.05, 4.69) is 45.1 Å². The van der Waals surface area contributed by atoms with Crippen molar-refractivity contribution < 1.29 is 9.84 Å². The lowest BCUT2D eigenvalue weighted by molar-refractivity contribution is 0.00368. The predicted octanol–water partition coefficient (Wildman–Crippen LogP) is 6.37. The summed E-state index contributed by atoms with van der Waals surface area (Å²) in [6.45, 7) is 3.18. The van der Waals surface area contributed by atoms with Gasteiger partial charge in [-0.3, -0.25) is 0 Å². The van der Waals surface area contributed by atoms with Gasteiger partial charge < -0.3 is 14.7 Å². The number of halogens is 1. The molecule has 0 fully saturated rings. The Hall–Kier alpha value is -2.73. The zero-order valence-corrected chi connectivity index (χ0v) is 21.5. The minimum atomic E-state index is -1.18. The fraction of sp³-hybridized carbons (Fsp3) is 0.276. The van der Waals surface area contributed by atoms with E-state index in [1.165, 1.54) is 0 Å². The Balaban J connectivity index is 2.01. The lowest BCUT2D eigenvalue weighted by Gasteiger charge is -2.39. The molecular weight excluding hydrogens is 488 g/mol. The van der Waals surface area contributed by atoms with Crippen molar-refractivity contribution in [1.82, 2.24) is 9.88 Å². The van der Waals surface area contributed by atoms with Crippen LogP contribution in [0, 0.1) is 0 Å². The number of nitrogens with zero attached hydrogens (tertiary/aromatic N) is 2. The SMILES string of the molecule is CCOc1nc2ccc(Br)cc2cc1C(c1ccccc1)C(O)(CCN(C)C)c1ccccc1. The maximum atomic E-state index is 12.6. The number of hydrogen-bond acceptors (Lipinski definition) is 4. The van der Waals surface area contributed by atoms with E-state index in [-0.39, 0.29) is 5.92 Å². The van der Waals surface area contributed by atoms with E-state index in [9.17, 15) is 5.11 Å². The third-order valence-corrected chi connectivity index (χ3v) is 6.68. The molecule has 4 rings (SSSR count). The molecule has 34 heavy (non-hydrogen) atoms. The first-order valence-corrected chi connectivity index (χ1v) is 12.4. The molecule has 2 atom stereocenters. The number of benzene rings is 3. The number of pyridine rings is 1. The van der Waals surface area contributed by atoms with Gasteiger partial charge >= 0.3 is 0 Å². The normalized spacial score (nSPS) is 14.2. The van der Waals surface area contributed by atoms with Crippen molar-refractivity contribution in [1.29, 1.82) is 0 Å². The summed E-state index contributed by atoms with van der Waals surface area (Å²) >= 11 is 3.59. The smallest absolute Gasteiger partial charge is 0.217 e. The van der Waals surface area contributed by atoms with Gasteiger partial charge in [-0.05, 0) is 62.8 Å². The molecule has 4 nitrogen and oxygen atoms in total. The summed E-state index contributed by atoms with van der Waals surface area (Å²) in [6, 6.07) is 28.3. The predicted molar refractivity (Wildman–Crippen MR) is 142 cm³/mol. The summed E-state index contributed by atoms with van der Waals surface area (Å²) in [5.74, 6) is 0.180. The molecule has 1 aromatic heterocycles. The highest BCUT2D eigenvalue weighted by atomic mass is 79.9. The third-order valence-electron chi connectivity index (χ3n) is 6.19. The molecule has 0 saturated carbocycles. The van der Waals surface area contributed by atoms with Gasteiger partial charge in [0.2, 0.25) is 5.88 Å². The second-order valence-corrected chi connectivity index (χ2v) is 9.76. The highest BCUT2D eigenvalue weighted by Crippen LogP contribution is 2.47. The highest BCUT2D eigenvalue weighted by molar-refractivity contribution is 9.10. The number of ether oxygens (including phenoxy) is 1. The van der Waals surface area contributed by atoms with Crippen molar-refractivity contribution >= 4 is 26.8 Å². The van der Waals surface area contributed by atoms with Crippen LogP contribution >= 0.6 is 15.9 Å². The highest BCUT2D eigenvalue weighted by Gasteiger charge is 2.42. The largest absolute Gasteiger partial charge is 0.478 e. The maximum absolute atomic E-state index is 12.6. The summed E-state index contributed by atoms with van der Waals surface area (Å²) in [4.78, 5) is 7.00. The lowest BCUT2D eigenvalue weighted by Crippen LogP contribution is -2.37. The molecule has 4 aromatic rings. The lowest BCUT2D eigenvalue weighted by atomic mass is 9.71. The van der Waals surface area contributed by atoms with Gasteiger partial charge in [0.25, 0.3) is 0 Å². The molecule has 0 radical (unpaired) electrons. The molecule has 1 N–H and O–H groups in total. The van der Waals surface area contributed by atoms with Crippen LogP contribution in [-0.2, 0) is 5.60 Å². The molecule has 0 aliphatic carbocycles. The van der Waals surface area contributed by atoms with Crippen LogP contribution in [0.25, 0.3) is 10.9 Å². The van der Waals surface area contributed by atoms with Crippen LogP contribution < -0.4 is 4.74 Å². The summed E-state index contributed by atoms with van der Waals surface area (Å²) in [6.07, 6.45) is 0.547. The molecular formula is C29H31BrN2O2. The van der Waals surface area contributed by atoms with E-state index in [1.54, 1.807) is 0 Å². The molecule has 0 amide bonds. The van der Waals surface area contributed by atoms with Gasteiger partial charge in [-0.25, -0.2) is 4.98 Å². The number of hydrogen-bond donors (Lipinski definition) is 1. The summed E-state index contributed by atoms with van der Waals surface area (Å²) < 4.78 is 7.08. The van der Waals surface area contributed by atoms with Gasteiger partial charge in [0.05, 0.1) is 12.1 Å². The van der Waals surface area contributed by atoms with Crippen LogP contribution in [0.5, 0.6) is 5.88 Å². The topological polar surface area (TPSA) is 45.6 Å². The van der Waals surface area contributed by atoms with E-state index in [0.29, 0.717) is 18.9 Å². The van der Waals surface area contributed by atoms with Crippen LogP contribution in [0.4, 0.5) is 0 Å². The van der Waals surface area contributed by atoms with Crippen LogP contribution in [0.15, 0.2) is 89.4 Å². The Bertz CT molecular complexity index is 1230. The van der Waals surface area contributed by atoms with Crippen molar-refractivity contribution in [2.24, 2.45) is 0 Å². The van der Waals surface area contributed by atoms with Crippen LogP contribution in [0.3, 0.4) is 0 Å². The minimum absolute atomic E-state index is 0.381. The van der Waals surface area contributed by atoms with Gasteiger partial charge in [-0.1, -0.05) is 76.6 Å². The monoisotopic (exact) mass is 518 g/mol. The Labute approximate surface area is 210 Å². The molecule has 0 aliphatic heterocycles. The first-order chi connectivity index (χ1) is 16.4. The van der Waals surface area contributed by atoms with Gasteiger partial charge in [0.1, 0.15) is 5.60 Å². The Morgan fingerprint density at radius 1 is 0.971 bits per heavy atom. The van der Waals surface area contributed by atoms with E-state index >= 15 is 0 Å². The number of aromatic nitrogens is 1. The summed E-state index contributed by atoms with van der Waals surface area (Å²) in [5.41, 5.74) is 2.45. The third kappa shape index (κ3) is 5.17. The number of rotatable bonds is 9. The average Bonchev–Trinajstić information content (AvgIpc) is 2.84. The van der Waals surface area contributed by atoms with Crippen LogP contribution in [0.2, 0.25) is 0 Å². The Kier molecular flexibility index (Phi) is 7.67.